The molecule has 88 valence electrons. The quantitative estimate of drug-likeness (QED) is 0.759. The number of carbonyl (C=O) groups excluding carboxylic acids is 1. The minimum atomic E-state index is 0.103. The molecule has 2 aromatic carbocycles. The fourth-order valence-corrected chi connectivity index (χ4v) is 2.61. The number of hydrogen-bond donors (Lipinski definition) is 0. The fourth-order valence-electron chi connectivity index (χ4n) is 2.26. The van der Waals surface area contributed by atoms with Crippen LogP contribution in [0.3, 0.4) is 0 Å². The SMILES string of the molecule is O=C1C=C(c2ccccc2)c2ccc(CBr)cc21. The molecule has 0 radical (unpaired) electrons. The molecule has 0 N–H and O–H groups in total. The minimum Gasteiger partial charge on any atom is -0.289 e. The van der Waals surface area contributed by atoms with Crippen molar-refractivity contribution in [2.24, 2.45) is 0 Å². The Morgan fingerprint density at radius 1 is 0.944 bits per heavy atom. The maximum Gasteiger partial charge on any atom is 0.187 e. The minimum absolute atomic E-state index is 0.103. The molecule has 3 rings (SSSR count). The van der Waals surface area contributed by atoms with Gasteiger partial charge in [0.2, 0.25) is 0 Å². The van der Waals surface area contributed by atoms with Crippen LogP contribution in [0.25, 0.3) is 5.57 Å². The number of halogens is 1. The Hall–Kier alpha value is -1.67. The van der Waals surface area contributed by atoms with Gasteiger partial charge < -0.3 is 0 Å². The molecule has 0 aromatic heterocycles. The van der Waals surface area contributed by atoms with Gasteiger partial charge in [0.1, 0.15) is 0 Å². The van der Waals surface area contributed by atoms with Crippen LogP contribution in [-0.2, 0) is 5.33 Å². The van der Waals surface area contributed by atoms with Crippen molar-refractivity contribution in [2.45, 2.75) is 5.33 Å². The van der Waals surface area contributed by atoms with Crippen molar-refractivity contribution in [3.8, 4) is 0 Å². The summed E-state index contributed by atoms with van der Waals surface area (Å²) in [5, 5.41) is 0.772. The Morgan fingerprint density at radius 2 is 1.72 bits per heavy atom. The molecule has 2 aromatic rings. The Kier molecular flexibility index (Phi) is 2.88. The number of alkyl halides is 1. The first-order valence-electron chi connectivity index (χ1n) is 5.80. The van der Waals surface area contributed by atoms with Crippen LogP contribution in [0.5, 0.6) is 0 Å². The third-order valence-electron chi connectivity index (χ3n) is 3.15. The third kappa shape index (κ3) is 1.83. The second kappa shape index (κ2) is 4.54. The van der Waals surface area contributed by atoms with Crippen LogP contribution in [0.1, 0.15) is 27.0 Å². The summed E-state index contributed by atoms with van der Waals surface area (Å²) in [6.45, 7) is 0. The second-order valence-corrected chi connectivity index (χ2v) is 4.86. The highest BCUT2D eigenvalue weighted by molar-refractivity contribution is 9.08. The van der Waals surface area contributed by atoms with E-state index >= 15 is 0 Å². The summed E-state index contributed by atoms with van der Waals surface area (Å²) in [6.07, 6.45) is 1.73. The normalized spacial score (nSPS) is 13.4. The van der Waals surface area contributed by atoms with Crippen LogP contribution in [0, 0.1) is 0 Å². The highest BCUT2D eigenvalue weighted by Gasteiger charge is 2.22. The molecule has 18 heavy (non-hydrogen) atoms. The van der Waals surface area contributed by atoms with E-state index in [-0.39, 0.29) is 5.78 Å². The average Bonchev–Trinajstić information content (AvgIpc) is 2.77. The Labute approximate surface area is 114 Å². The zero-order valence-electron chi connectivity index (χ0n) is 9.69. The Bertz CT molecular complexity index is 641. The lowest BCUT2D eigenvalue weighted by Gasteiger charge is -2.06. The van der Waals surface area contributed by atoms with E-state index in [9.17, 15) is 4.79 Å². The topological polar surface area (TPSA) is 17.1 Å². The predicted octanol–water partition coefficient (Wildman–Crippen LogP) is 4.21. The first-order chi connectivity index (χ1) is 8.79. The molecular weight excluding hydrogens is 288 g/mol. The van der Waals surface area contributed by atoms with Crippen molar-refractivity contribution >= 4 is 27.3 Å². The molecule has 0 atom stereocenters. The maximum absolute atomic E-state index is 12.0. The van der Waals surface area contributed by atoms with E-state index in [1.165, 1.54) is 0 Å². The number of fused-ring (bicyclic) bond motifs is 1. The third-order valence-corrected chi connectivity index (χ3v) is 3.80. The molecule has 1 nitrogen and oxygen atoms in total. The number of allylic oxidation sites excluding steroid dienone is 1. The molecule has 0 fully saturated rings. The van der Waals surface area contributed by atoms with Gasteiger partial charge in [0.15, 0.2) is 5.78 Å². The highest BCUT2D eigenvalue weighted by Crippen LogP contribution is 2.33. The lowest BCUT2D eigenvalue weighted by atomic mass is 9.98. The second-order valence-electron chi connectivity index (χ2n) is 4.30. The lowest BCUT2D eigenvalue weighted by Crippen LogP contribution is -1.93. The van der Waals surface area contributed by atoms with Crippen LogP contribution in [0.4, 0.5) is 0 Å². The van der Waals surface area contributed by atoms with E-state index < -0.39 is 0 Å². The van der Waals surface area contributed by atoms with Crippen molar-refractivity contribution in [3.05, 3.63) is 76.9 Å². The molecular formula is C16H11BrO. The van der Waals surface area contributed by atoms with Gasteiger partial charge in [-0.25, -0.2) is 0 Å². The van der Waals surface area contributed by atoms with Gasteiger partial charge in [-0.1, -0.05) is 58.4 Å². The first-order valence-corrected chi connectivity index (χ1v) is 6.92. The number of rotatable bonds is 2. The highest BCUT2D eigenvalue weighted by atomic mass is 79.9. The average molecular weight is 299 g/mol. The summed E-state index contributed by atoms with van der Waals surface area (Å²) >= 11 is 3.42. The fraction of sp³-hybridized carbons (Fsp3) is 0.0625. The molecule has 1 aliphatic rings. The molecule has 1 aliphatic carbocycles. The van der Waals surface area contributed by atoms with E-state index in [1.54, 1.807) is 6.08 Å². The zero-order chi connectivity index (χ0) is 12.5. The van der Waals surface area contributed by atoms with Crippen LogP contribution in [0.15, 0.2) is 54.6 Å². The van der Waals surface area contributed by atoms with E-state index in [1.807, 2.05) is 42.5 Å². The van der Waals surface area contributed by atoms with Gasteiger partial charge in [-0.15, -0.1) is 0 Å². The van der Waals surface area contributed by atoms with Gasteiger partial charge in [-0.05, 0) is 34.4 Å². The monoisotopic (exact) mass is 298 g/mol. The number of carbonyl (C=O) groups is 1. The van der Waals surface area contributed by atoms with Crippen molar-refractivity contribution in [1.29, 1.82) is 0 Å². The van der Waals surface area contributed by atoms with Crippen molar-refractivity contribution in [2.75, 3.05) is 0 Å². The summed E-state index contributed by atoms with van der Waals surface area (Å²) < 4.78 is 0. The van der Waals surface area contributed by atoms with Crippen LogP contribution in [-0.4, -0.2) is 5.78 Å². The van der Waals surface area contributed by atoms with Crippen LogP contribution < -0.4 is 0 Å². The lowest BCUT2D eigenvalue weighted by molar-refractivity contribution is 0.105. The molecule has 0 unspecified atom stereocenters. The van der Waals surface area contributed by atoms with Crippen LogP contribution in [0.2, 0.25) is 0 Å². The van der Waals surface area contributed by atoms with E-state index in [2.05, 4.69) is 22.0 Å². The van der Waals surface area contributed by atoms with E-state index in [0.29, 0.717) is 0 Å². The number of ketones is 1. The summed E-state index contributed by atoms with van der Waals surface area (Å²) in [5.74, 6) is 0.103. The summed E-state index contributed by atoms with van der Waals surface area (Å²) in [6, 6.07) is 16.1. The Balaban J connectivity index is 2.13. The number of hydrogen-bond acceptors (Lipinski definition) is 1. The van der Waals surface area contributed by atoms with Gasteiger partial charge in [0, 0.05) is 10.9 Å². The van der Waals surface area contributed by atoms with Crippen molar-refractivity contribution in [1.82, 2.24) is 0 Å². The predicted molar refractivity (Wildman–Crippen MR) is 76.9 cm³/mol. The number of benzene rings is 2. The van der Waals surface area contributed by atoms with Crippen LogP contribution >= 0.6 is 15.9 Å². The molecule has 0 saturated heterocycles. The van der Waals surface area contributed by atoms with Crippen molar-refractivity contribution < 1.29 is 4.79 Å². The molecule has 0 amide bonds. The smallest absolute Gasteiger partial charge is 0.187 e. The van der Waals surface area contributed by atoms with Gasteiger partial charge in [-0.3, -0.25) is 4.79 Å². The molecule has 0 heterocycles. The van der Waals surface area contributed by atoms with Gasteiger partial charge >= 0.3 is 0 Å². The summed E-state index contributed by atoms with van der Waals surface area (Å²) in [4.78, 5) is 12.0. The molecule has 2 heteroatoms. The molecule has 0 aliphatic heterocycles. The van der Waals surface area contributed by atoms with Gasteiger partial charge in [-0.2, -0.15) is 0 Å². The molecule has 0 spiro atoms. The van der Waals surface area contributed by atoms with Gasteiger partial charge in [0.25, 0.3) is 0 Å². The van der Waals surface area contributed by atoms with Crippen molar-refractivity contribution in [3.63, 3.8) is 0 Å². The standard InChI is InChI=1S/C16H11BrO/c17-10-11-6-7-13-14(9-16(18)15(13)8-11)12-4-2-1-3-5-12/h1-9H,10H2. The molecule has 0 bridgehead atoms. The van der Waals surface area contributed by atoms with E-state index in [0.717, 1.165) is 33.2 Å². The summed E-state index contributed by atoms with van der Waals surface area (Å²) in [5.41, 5.74) is 5.10. The van der Waals surface area contributed by atoms with Gasteiger partial charge in [0.05, 0.1) is 0 Å². The maximum atomic E-state index is 12.0. The Morgan fingerprint density at radius 3 is 2.44 bits per heavy atom. The largest absolute Gasteiger partial charge is 0.289 e. The van der Waals surface area contributed by atoms with E-state index in [4.69, 9.17) is 0 Å². The zero-order valence-corrected chi connectivity index (χ0v) is 11.3. The molecule has 0 saturated carbocycles. The first kappa shape index (κ1) is 11.4. The summed E-state index contributed by atoms with van der Waals surface area (Å²) in [7, 11) is 0.